The predicted octanol–water partition coefficient (Wildman–Crippen LogP) is 3.66. The lowest BCUT2D eigenvalue weighted by Gasteiger charge is -2.44. The lowest BCUT2D eigenvalue weighted by Crippen LogP contribution is -2.55. The number of rotatable bonds is 2. The van der Waals surface area contributed by atoms with E-state index in [1.54, 1.807) is 0 Å². The number of hydrogen-bond donors (Lipinski definition) is 2. The highest BCUT2D eigenvalue weighted by Crippen LogP contribution is 2.36. The molecule has 2 aliphatic heterocycles. The van der Waals surface area contributed by atoms with Crippen molar-refractivity contribution in [3.63, 3.8) is 0 Å². The van der Waals surface area contributed by atoms with Crippen molar-refractivity contribution in [1.29, 1.82) is 5.26 Å². The molecule has 2 aromatic rings. The molecule has 3 heterocycles. The second-order valence-electron chi connectivity index (χ2n) is 7.89. The van der Waals surface area contributed by atoms with Gasteiger partial charge in [-0.25, -0.2) is 0 Å². The number of aromatic nitrogens is 1. The Bertz CT molecular complexity index is 804. The van der Waals surface area contributed by atoms with E-state index >= 15 is 0 Å². The van der Waals surface area contributed by atoms with E-state index in [1.165, 1.54) is 23.2 Å². The van der Waals surface area contributed by atoms with Crippen molar-refractivity contribution in [2.24, 2.45) is 0 Å². The fourth-order valence-electron chi connectivity index (χ4n) is 4.32. The highest BCUT2D eigenvalue weighted by atomic mass is 32.2. The third kappa shape index (κ3) is 3.44. The van der Waals surface area contributed by atoms with Crippen LogP contribution in [-0.4, -0.2) is 46.2 Å². The summed E-state index contributed by atoms with van der Waals surface area (Å²) >= 11 is 2.09. The Labute approximate surface area is 154 Å². The SMILES string of the molecule is CC1(C)CN([C@@H]2CC(c3c[nH]c4ccc(C#N)cc34)CCN2)CCS1. The van der Waals surface area contributed by atoms with Gasteiger partial charge in [0.05, 0.1) is 17.8 Å². The number of H-pyrrole nitrogens is 1. The number of benzene rings is 1. The zero-order chi connectivity index (χ0) is 17.4. The molecule has 1 aromatic carbocycles. The molecule has 0 spiro atoms. The van der Waals surface area contributed by atoms with Crippen molar-refractivity contribution >= 4 is 22.7 Å². The molecule has 0 saturated carbocycles. The summed E-state index contributed by atoms with van der Waals surface area (Å²) in [6.07, 6.45) is 4.92. The molecule has 2 atom stereocenters. The zero-order valence-electron chi connectivity index (χ0n) is 15.0. The van der Waals surface area contributed by atoms with Gasteiger partial charge in [-0.3, -0.25) is 4.90 Å². The standard InChI is InChI=1S/C20H26N4S/c1-20(2)13-24(7-8-25-20)19-10-15(5-6-22-19)17-12-23-18-4-3-14(11-21)9-16(17)18/h3-4,9,12,15,19,22-23H,5-8,10,13H2,1-2H3/t15?,19-/m1/s1. The van der Waals surface area contributed by atoms with Crippen molar-refractivity contribution in [2.45, 2.75) is 43.5 Å². The molecule has 1 unspecified atom stereocenters. The Morgan fingerprint density at radius 2 is 2.24 bits per heavy atom. The van der Waals surface area contributed by atoms with Gasteiger partial charge >= 0.3 is 0 Å². The summed E-state index contributed by atoms with van der Waals surface area (Å²) in [6, 6.07) is 8.23. The molecule has 0 amide bonds. The molecule has 4 nitrogen and oxygen atoms in total. The van der Waals surface area contributed by atoms with E-state index in [2.05, 4.69) is 53.1 Å². The monoisotopic (exact) mass is 354 g/mol. The maximum absolute atomic E-state index is 9.22. The second kappa shape index (κ2) is 6.68. The molecule has 2 aliphatic rings. The fourth-order valence-corrected chi connectivity index (χ4v) is 5.46. The Balaban J connectivity index is 1.56. The summed E-state index contributed by atoms with van der Waals surface area (Å²) in [5.41, 5.74) is 3.26. The van der Waals surface area contributed by atoms with Gasteiger partial charge in [0, 0.05) is 40.7 Å². The third-order valence-electron chi connectivity index (χ3n) is 5.56. The van der Waals surface area contributed by atoms with Crippen LogP contribution in [0.4, 0.5) is 0 Å². The van der Waals surface area contributed by atoms with Gasteiger partial charge in [0.1, 0.15) is 0 Å². The van der Waals surface area contributed by atoms with E-state index in [1.807, 2.05) is 18.2 Å². The van der Waals surface area contributed by atoms with Gasteiger partial charge < -0.3 is 10.3 Å². The van der Waals surface area contributed by atoms with Gasteiger partial charge in [-0.15, -0.1) is 0 Å². The number of fused-ring (bicyclic) bond motifs is 1. The number of nitrogens with one attached hydrogen (secondary N) is 2. The van der Waals surface area contributed by atoms with Crippen molar-refractivity contribution in [2.75, 3.05) is 25.4 Å². The predicted molar refractivity (Wildman–Crippen MR) is 105 cm³/mol. The molecule has 132 valence electrons. The quantitative estimate of drug-likeness (QED) is 0.864. The Hall–Kier alpha value is -1.48. The summed E-state index contributed by atoms with van der Waals surface area (Å²) in [4.78, 5) is 6.03. The number of nitrogens with zero attached hydrogens (tertiary/aromatic N) is 2. The highest BCUT2D eigenvalue weighted by molar-refractivity contribution is 8.00. The number of aromatic amines is 1. The molecule has 0 radical (unpaired) electrons. The largest absolute Gasteiger partial charge is 0.361 e. The fraction of sp³-hybridized carbons (Fsp3) is 0.550. The number of thioether (sulfide) groups is 1. The maximum Gasteiger partial charge on any atom is 0.0991 e. The van der Waals surface area contributed by atoms with Crippen LogP contribution in [0, 0.1) is 11.3 Å². The lowest BCUT2D eigenvalue weighted by atomic mass is 9.87. The minimum absolute atomic E-state index is 0.343. The van der Waals surface area contributed by atoms with E-state index in [0.717, 1.165) is 37.0 Å². The van der Waals surface area contributed by atoms with Crippen LogP contribution in [0.1, 0.15) is 43.7 Å². The number of piperidine rings is 1. The molecule has 25 heavy (non-hydrogen) atoms. The summed E-state index contributed by atoms with van der Waals surface area (Å²) in [7, 11) is 0. The molecule has 2 fully saturated rings. The van der Waals surface area contributed by atoms with Gasteiger partial charge in [0.15, 0.2) is 0 Å². The van der Waals surface area contributed by atoms with Crippen molar-refractivity contribution in [3.8, 4) is 6.07 Å². The molecule has 2 saturated heterocycles. The first kappa shape index (κ1) is 17.0. The molecule has 5 heteroatoms. The van der Waals surface area contributed by atoms with E-state index in [4.69, 9.17) is 0 Å². The summed E-state index contributed by atoms with van der Waals surface area (Å²) in [5.74, 6) is 1.76. The van der Waals surface area contributed by atoms with E-state index in [0.29, 0.717) is 16.8 Å². The van der Waals surface area contributed by atoms with Gasteiger partial charge in [-0.2, -0.15) is 17.0 Å². The van der Waals surface area contributed by atoms with Crippen LogP contribution in [0.25, 0.3) is 10.9 Å². The lowest BCUT2D eigenvalue weighted by molar-refractivity contribution is 0.123. The first-order valence-corrected chi connectivity index (χ1v) is 10.2. The van der Waals surface area contributed by atoms with Gasteiger partial charge in [0.25, 0.3) is 0 Å². The number of nitriles is 1. The average Bonchev–Trinajstić information content (AvgIpc) is 3.04. The highest BCUT2D eigenvalue weighted by Gasteiger charge is 2.34. The van der Waals surface area contributed by atoms with E-state index in [9.17, 15) is 5.26 Å². The Morgan fingerprint density at radius 3 is 3.04 bits per heavy atom. The van der Waals surface area contributed by atoms with Gasteiger partial charge in [0.2, 0.25) is 0 Å². The molecule has 0 bridgehead atoms. The molecule has 2 N–H and O–H groups in total. The first-order chi connectivity index (χ1) is 12.1. The van der Waals surface area contributed by atoms with Crippen LogP contribution in [0.2, 0.25) is 0 Å². The maximum atomic E-state index is 9.22. The van der Waals surface area contributed by atoms with Gasteiger partial charge in [-0.05, 0) is 62.9 Å². The summed E-state index contributed by atoms with van der Waals surface area (Å²) in [6.45, 7) is 8.09. The molecular weight excluding hydrogens is 328 g/mol. The summed E-state index contributed by atoms with van der Waals surface area (Å²) in [5, 5.41) is 14.2. The minimum atomic E-state index is 0.343. The normalized spacial score (nSPS) is 27.2. The average molecular weight is 355 g/mol. The number of hydrogen-bond acceptors (Lipinski definition) is 4. The van der Waals surface area contributed by atoms with Crippen molar-refractivity contribution < 1.29 is 0 Å². The van der Waals surface area contributed by atoms with Crippen molar-refractivity contribution in [3.05, 3.63) is 35.5 Å². The summed E-state index contributed by atoms with van der Waals surface area (Å²) < 4.78 is 0.343. The van der Waals surface area contributed by atoms with E-state index < -0.39 is 0 Å². The van der Waals surface area contributed by atoms with Crippen LogP contribution in [-0.2, 0) is 0 Å². The third-order valence-corrected chi connectivity index (χ3v) is 6.86. The smallest absolute Gasteiger partial charge is 0.0991 e. The van der Waals surface area contributed by atoms with Gasteiger partial charge in [-0.1, -0.05) is 0 Å². The van der Waals surface area contributed by atoms with Crippen LogP contribution in [0.3, 0.4) is 0 Å². The van der Waals surface area contributed by atoms with Crippen LogP contribution >= 0.6 is 11.8 Å². The van der Waals surface area contributed by atoms with Crippen molar-refractivity contribution in [1.82, 2.24) is 15.2 Å². The second-order valence-corrected chi connectivity index (χ2v) is 9.69. The van der Waals surface area contributed by atoms with Crippen LogP contribution < -0.4 is 5.32 Å². The zero-order valence-corrected chi connectivity index (χ0v) is 15.8. The van der Waals surface area contributed by atoms with E-state index in [-0.39, 0.29) is 0 Å². The molecular formula is C20H26N4S. The topological polar surface area (TPSA) is 54.9 Å². The Kier molecular flexibility index (Phi) is 4.53. The van der Waals surface area contributed by atoms with Crippen LogP contribution in [0.15, 0.2) is 24.4 Å². The molecule has 1 aromatic heterocycles. The molecule has 0 aliphatic carbocycles. The van der Waals surface area contributed by atoms with Crippen LogP contribution in [0.5, 0.6) is 0 Å². The first-order valence-electron chi connectivity index (χ1n) is 9.18. The minimum Gasteiger partial charge on any atom is -0.361 e. The molecule has 4 rings (SSSR count). The Morgan fingerprint density at radius 1 is 1.36 bits per heavy atom.